The molecule has 0 saturated carbocycles. The average molecular weight is 436 g/mol. The molecule has 0 aliphatic carbocycles. The number of hydrogen-bond donors (Lipinski definition) is 2. The van der Waals surface area contributed by atoms with Gasteiger partial charge in [-0.25, -0.2) is 9.37 Å². The Morgan fingerprint density at radius 3 is 2.78 bits per heavy atom. The Hall–Kier alpha value is -3.14. The van der Waals surface area contributed by atoms with Crippen LogP contribution in [0.2, 0.25) is 0 Å². The molecule has 4 aromatic rings. The standard InChI is InChI=1S/C23H25FN6O2/c1-13(2)32-20-8-16(24)7-15-4-5-18(26-22(15)20)23-28-27-21-6-3-14(10-30(21)23)9-29-11-17(25)19(31)12-29/h3-8,10,13,17,19,31H,9,11-12,25H2,1-2H3. The van der Waals surface area contributed by atoms with E-state index in [9.17, 15) is 9.50 Å². The number of aliphatic hydroxyl groups excluding tert-OH is 1. The van der Waals surface area contributed by atoms with Crippen molar-refractivity contribution in [2.24, 2.45) is 5.73 Å². The Bertz CT molecular complexity index is 1280. The molecule has 3 aromatic heterocycles. The van der Waals surface area contributed by atoms with Crippen LogP contribution in [-0.2, 0) is 6.54 Å². The number of aromatic nitrogens is 4. The van der Waals surface area contributed by atoms with Crippen LogP contribution < -0.4 is 10.5 Å². The molecule has 166 valence electrons. The highest BCUT2D eigenvalue weighted by atomic mass is 19.1. The number of hydrogen-bond acceptors (Lipinski definition) is 7. The average Bonchev–Trinajstić information content (AvgIpc) is 3.29. The molecule has 1 fully saturated rings. The summed E-state index contributed by atoms with van der Waals surface area (Å²) < 4.78 is 21.7. The highest BCUT2D eigenvalue weighted by Crippen LogP contribution is 2.29. The van der Waals surface area contributed by atoms with Gasteiger partial charge >= 0.3 is 0 Å². The molecular formula is C23H25FN6O2. The zero-order valence-corrected chi connectivity index (χ0v) is 17.9. The molecule has 2 atom stereocenters. The minimum absolute atomic E-state index is 0.112. The molecule has 3 N–H and O–H groups in total. The van der Waals surface area contributed by atoms with Gasteiger partial charge in [0.2, 0.25) is 0 Å². The van der Waals surface area contributed by atoms with Crippen molar-refractivity contribution >= 4 is 16.6 Å². The van der Waals surface area contributed by atoms with Gasteiger partial charge < -0.3 is 15.6 Å². The topological polar surface area (TPSA) is 102 Å². The summed E-state index contributed by atoms with van der Waals surface area (Å²) in [5.41, 5.74) is 8.86. The minimum atomic E-state index is -0.502. The number of benzene rings is 1. The van der Waals surface area contributed by atoms with Crippen LogP contribution in [0.5, 0.6) is 5.75 Å². The lowest BCUT2D eigenvalue weighted by Crippen LogP contribution is -2.32. The Morgan fingerprint density at radius 2 is 2.03 bits per heavy atom. The third kappa shape index (κ3) is 3.90. The van der Waals surface area contributed by atoms with Gasteiger partial charge in [0.1, 0.15) is 22.8 Å². The molecule has 1 aromatic carbocycles. The minimum Gasteiger partial charge on any atom is -0.489 e. The van der Waals surface area contributed by atoms with E-state index in [0.29, 0.717) is 53.5 Å². The number of halogens is 1. The summed E-state index contributed by atoms with van der Waals surface area (Å²) in [5, 5.41) is 19.2. The van der Waals surface area contributed by atoms with E-state index >= 15 is 0 Å². The molecular weight excluding hydrogens is 411 g/mol. The number of likely N-dealkylation sites (tertiary alicyclic amines) is 1. The summed E-state index contributed by atoms with van der Waals surface area (Å²) >= 11 is 0. The second kappa shape index (κ2) is 8.09. The first-order chi connectivity index (χ1) is 15.4. The van der Waals surface area contributed by atoms with Crippen molar-refractivity contribution in [2.45, 2.75) is 38.6 Å². The van der Waals surface area contributed by atoms with Crippen LogP contribution in [0.4, 0.5) is 4.39 Å². The third-order valence-electron chi connectivity index (χ3n) is 5.59. The van der Waals surface area contributed by atoms with Gasteiger partial charge in [0.15, 0.2) is 11.5 Å². The number of aliphatic hydroxyl groups is 1. The van der Waals surface area contributed by atoms with Gasteiger partial charge in [-0.15, -0.1) is 10.2 Å². The van der Waals surface area contributed by atoms with E-state index in [2.05, 4.69) is 15.1 Å². The zero-order chi connectivity index (χ0) is 22.4. The summed E-state index contributed by atoms with van der Waals surface area (Å²) in [6, 6.07) is 10.1. The Morgan fingerprint density at radius 1 is 1.19 bits per heavy atom. The van der Waals surface area contributed by atoms with Crippen molar-refractivity contribution in [3.05, 3.63) is 54.0 Å². The van der Waals surface area contributed by atoms with E-state index in [1.165, 1.54) is 12.1 Å². The van der Waals surface area contributed by atoms with Crippen LogP contribution >= 0.6 is 0 Å². The van der Waals surface area contributed by atoms with Gasteiger partial charge in [-0.2, -0.15) is 0 Å². The van der Waals surface area contributed by atoms with Crippen LogP contribution in [0.15, 0.2) is 42.6 Å². The van der Waals surface area contributed by atoms with E-state index in [0.717, 1.165) is 5.56 Å². The number of rotatable bonds is 5. The second-order valence-corrected chi connectivity index (χ2v) is 8.55. The fourth-order valence-electron chi connectivity index (χ4n) is 4.12. The molecule has 2 unspecified atom stereocenters. The van der Waals surface area contributed by atoms with Crippen molar-refractivity contribution in [1.29, 1.82) is 0 Å². The lowest BCUT2D eigenvalue weighted by Gasteiger charge is -2.15. The van der Waals surface area contributed by atoms with Crippen molar-refractivity contribution < 1.29 is 14.2 Å². The lowest BCUT2D eigenvalue weighted by molar-refractivity contribution is 0.164. The maximum atomic E-state index is 14.0. The molecule has 8 nitrogen and oxygen atoms in total. The number of nitrogens with zero attached hydrogens (tertiary/aromatic N) is 5. The fourth-order valence-corrected chi connectivity index (χ4v) is 4.12. The maximum Gasteiger partial charge on any atom is 0.187 e. The molecule has 1 aliphatic rings. The van der Waals surface area contributed by atoms with E-state index < -0.39 is 6.10 Å². The number of pyridine rings is 2. The predicted molar refractivity (Wildman–Crippen MR) is 119 cm³/mol. The molecule has 0 spiro atoms. The largest absolute Gasteiger partial charge is 0.489 e. The fraction of sp³-hybridized carbons (Fsp3) is 0.348. The first-order valence-electron chi connectivity index (χ1n) is 10.6. The summed E-state index contributed by atoms with van der Waals surface area (Å²) in [7, 11) is 0. The highest BCUT2D eigenvalue weighted by Gasteiger charge is 2.28. The quantitative estimate of drug-likeness (QED) is 0.495. The summed E-state index contributed by atoms with van der Waals surface area (Å²) in [4.78, 5) is 6.86. The summed E-state index contributed by atoms with van der Waals surface area (Å²) in [6.07, 6.45) is 1.36. The number of ether oxygens (including phenoxy) is 1. The van der Waals surface area contributed by atoms with E-state index in [-0.39, 0.29) is 18.0 Å². The highest BCUT2D eigenvalue weighted by molar-refractivity contribution is 5.86. The van der Waals surface area contributed by atoms with Crippen LogP contribution in [0, 0.1) is 5.82 Å². The molecule has 0 bridgehead atoms. The monoisotopic (exact) mass is 436 g/mol. The van der Waals surface area contributed by atoms with Gasteiger partial charge in [-0.1, -0.05) is 12.1 Å². The third-order valence-corrected chi connectivity index (χ3v) is 5.59. The van der Waals surface area contributed by atoms with Gasteiger partial charge in [-0.05, 0) is 37.6 Å². The molecule has 0 amide bonds. The van der Waals surface area contributed by atoms with Gasteiger partial charge in [-0.3, -0.25) is 9.30 Å². The normalized spacial score (nSPS) is 19.4. The summed E-state index contributed by atoms with van der Waals surface area (Å²) in [5.74, 6) is 0.615. The summed E-state index contributed by atoms with van der Waals surface area (Å²) in [6.45, 7) is 5.64. The Kier molecular flexibility index (Phi) is 5.24. The first kappa shape index (κ1) is 20.7. The number of fused-ring (bicyclic) bond motifs is 2. The maximum absolute atomic E-state index is 14.0. The SMILES string of the molecule is CC(C)Oc1cc(F)cc2ccc(-c3nnc4ccc(CN5CC(N)C(O)C5)cn34)nc12. The van der Waals surface area contributed by atoms with E-state index in [4.69, 9.17) is 15.5 Å². The lowest BCUT2D eigenvalue weighted by atomic mass is 10.1. The number of β-amino-alcohol motifs (C(OH)–C–C–N with tert-alkyl or cyclic N) is 1. The van der Waals surface area contributed by atoms with Gasteiger partial charge in [0.25, 0.3) is 0 Å². The molecule has 0 radical (unpaired) electrons. The molecule has 1 saturated heterocycles. The van der Waals surface area contributed by atoms with E-state index in [1.807, 2.05) is 42.6 Å². The second-order valence-electron chi connectivity index (χ2n) is 8.55. The van der Waals surface area contributed by atoms with Crippen molar-refractivity contribution in [3.8, 4) is 17.3 Å². The molecule has 4 heterocycles. The van der Waals surface area contributed by atoms with E-state index in [1.54, 1.807) is 6.07 Å². The molecule has 9 heteroatoms. The molecule has 1 aliphatic heterocycles. The molecule has 32 heavy (non-hydrogen) atoms. The Balaban J connectivity index is 1.53. The Labute approximate surface area is 184 Å². The zero-order valence-electron chi connectivity index (χ0n) is 17.9. The van der Waals surface area contributed by atoms with Gasteiger partial charge in [0.05, 0.1) is 12.2 Å². The van der Waals surface area contributed by atoms with Crippen molar-refractivity contribution in [3.63, 3.8) is 0 Å². The smallest absolute Gasteiger partial charge is 0.187 e. The molecule has 5 rings (SSSR count). The van der Waals surface area contributed by atoms with Crippen LogP contribution in [0.1, 0.15) is 19.4 Å². The number of nitrogens with two attached hydrogens (primary N) is 1. The van der Waals surface area contributed by atoms with Gasteiger partial charge in [0, 0.05) is 43.3 Å². The predicted octanol–water partition coefficient (Wildman–Crippen LogP) is 2.37. The van der Waals surface area contributed by atoms with Crippen LogP contribution in [0.3, 0.4) is 0 Å². The van der Waals surface area contributed by atoms with Crippen molar-refractivity contribution in [2.75, 3.05) is 13.1 Å². The van der Waals surface area contributed by atoms with Crippen LogP contribution in [-0.4, -0.2) is 60.9 Å². The first-order valence-corrected chi connectivity index (χ1v) is 10.6. The van der Waals surface area contributed by atoms with Crippen molar-refractivity contribution in [1.82, 2.24) is 24.5 Å². The van der Waals surface area contributed by atoms with Crippen LogP contribution in [0.25, 0.3) is 28.1 Å².